The Kier molecular flexibility index (Phi) is 8.46. The van der Waals surface area contributed by atoms with Crippen LogP contribution < -0.4 is 19.1 Å². The number of anilines is 1. The van der Waals surface area contributed by atoms with Crippen LogP contribution in [0.3, 0.4) is 0 Å². The molecule has 5 rings (SSSR count). The summed E-state index contributed by atoms with van der Waals surface area (Å²) < 4.78 is 17.8. The van der Waals surface area contributed by atoms with E-state index in [0.29, 0.717) is 57.3 Å². The Balaban J connectivity index is 1.66. The number of carbonyl (C=O) groups is 2. The van der Waals surface area contributed by atoms with Gasteiger partial charge in [0.1, 0.15) is 11.5 Å². The number of aliphatic hydroxyl groups is 1. The first-order chi connectivity index (χ1) is 19.9. The van der Waals surface area contributed by atoms with E-state index in [1.54, 1.807) is 60.7 Å². The average Bonchev–Trinajstić information content (AvgIpc) is 3.50. The van der Waals surface area contributed by atoms with Gasteiger partial charge in [0.25, 0.3) is 5.78 Å². The molecule has 0 radical (unpaired) electrons. The summed E-state index contributed by atoms with van der Waals surface area (Å²) in [5.74, 6) is -0.303. The minimum absolute atomic E-state index is 0.0573. The molecule has 1 aliphatic heterocycles. The maximum Gasteiger partial charge on any atom is 0.301 e. The molecule has 10 heteroatoms. The van der Waals surface area contributed by atoms with E-state index >= 15 is 0 Å². The molecule has 0 bridgehead atoms. The van der Waals surface area contributed by atoms with Crippen molar-refractivity contribution < 1.29 is 28.9 Å². The number of hydrogen-bond acceptors (Lipinski definition) is 8. The SMILES string of the molecule is CCCCOc1ccc(C2C(=C(O)c3ccc(OCC)cc3)C(=O)C(=O)N2c2nc3ccc(Cl)cc3s2)cc1OC. The average molecular weight is 593 g/mol. The Labute approximate surface area is 246 Å². The number of methoxy groups -OCH3 is 1. The predicted octanol–water partition coefficient (Wildman–Crippen LogP) is 7.16. The third kappa shape index (κ3) is 5.60. The fourth-order valence-electron chi connectivity index (χ4n) is 4.67. The van der Waals surface area contributed by atoms with Crippen molar-refractivity contribution in [3.05, 3.63) is 82.4 Å². The summed E-state index contributed by atoms with van der Waals surface area (Å²) in [5.41, 5.74) is 1.50. The van der Waals surface area contributed by atoms with Crippen LogP contribution >= 0.6 is 22.9 Å². The van der Waals surface area contributed by atoms with E-state index in [2.05, 4.69) is 11.9 Å². The molecular formula is C31H29ClN2O6S. The second kappa shape index (κ2) is 12.2. The van der Waals surface area contributed by atoms with Crippen molar-refractivity contribution in [2.75, 3.05) is 25.2 Å². The van der Waals surface area contributed by atoms with E-state index in [0.717, 1.165) is 17.5 Å². The van der Waals surface area contributed by atoms with Gasteiger partial charge in [-0.2, -0.15) is 0 Å². The van der Waals surface area contributed by atoms with Crippen LogP contribution in [0.2, 0.25) is 5.02 Å². The topological polar surface area (TPSA) is 98.2 Å². The zero-order valence-electron chi connectivity index (χ0n) is 22.8. The molecule has 2 heterocycles. The van der Waals surface area contributed by atoms with E-state index in [-0.39, 0.29) is 11.3 Å². The summed E-state index contributed by atoms with van der Waals surface area (Å²) in [6.45, 7) is 4.97. The number of amides is 1. The molecule has 212 valence electrons. The molecule has 1 amide bonds. The number of halogens is 1. The van der Waals surface area contributed by atoms with Crippen molar-refractivity contribution in [1.29, 1.82) is 0 Å². The summed E-state index contributed by atoms with van der Waals surface area (Å²) >= 11 is 7.43. The largest absolute Gasteiger partial charge is 0.507 e. The van der Waals surface area contributed by atoms with E-state index < -0.39 is 17.7 Å². The van der Waals surface area contributed by atoms with Gasteiger partial charge in [0, 0.05) is 10.6 Å². The Morgan fingerprint density at radius 1 is 1.02 bits per heavy atom. The van der Waals surface area contributed by atoms with Gasteiger partial charge in [0.05, 0.1) is 42.2 Å². The number of ketones is 1. The van der Waals surface area contributed by atoms with Crippen molar-refractivity contribution in [3.63, 3.8) is 0 Å². The van der Waals surface area contributed by atoms with Crippen LogP contribution in [-0.2, 0) is 9.59 Å². The molecule has 8 nitrogen and oxygen atoms in total. The zero-order valence-corrected chi connectivity index (χ0v) is 24.4. The lowest BCUT2D eigenvalue weighted by atomic mass is 9.95. The summed E-state index contributed by atoms with van der Waals surface area (Å²) in [6.07, 6.45) is 1.86. The van der Waals surface area contributed by atoms with Crippen molar-refractivity contribution in [2.45, 2.75) is 32.7 Å². The normalized spacial score (nSPS) is 16.4. The van der Waals surface area contributed by atoms with Gasteiger partial charge < -0.3 is 19.3 Å². The second-order valence-corrected chi connectivity index (χ2v) is 10.8. The van der Waals surface area contributed by atoms with Crippen molar-refractivity contribution in [1.82, 2.24) is 4.98 Å². The van der Waals surface area contributed by atoms with E-state index in [9.17, 15) is 14.7 Å². The maximum atomic E-state index is 13.6. The van der Waals surface area contributed by atoms with Crippen LogP contribution in [0.5, 0.6) is 17.2 Å². The number of aromatic nitrogens is 1. The molecule has 41 heavy (non-hydrogen) atoms. The van der Waals surface area contributed by atoms with Gasteiger partial charge in [-0.1, -0.05) is 42.3 Å². The molecule has 1 atom stereocenters. The highest BCUT2D eigenvalue weighted by Crippen LogP contribution is 2.46. The number of nitrogens with zero attached hydrogens (tertiary/aromatic N) is 2. The zero-order chi connectivity index (χ0) is 29.1. The molecule has 1 N–H and O–H groups in total. The highest BCUT2D eigenvalue weighted by Gasteiger charge is 2.48. The third-order valence-electron chi connectivity index (χ3n) is 6.69. The number of Topliss-reactive ketones (excluding diaryl/α,β-unsaturated/α-hetero) is 1. The molecule has 1 aromatic heterocycles. The number of benzene rings is 3. The summed E-state index contributed by atoms with van der Waals surface area (Å²) in [4.78, 5) is 33.2. The van der Waals surface area contributed by atoms with Crippen LogP contribution in [0.1, 0.15) is 43.9 Å². The van der Waals surface area contributed by atoms with Crippen LogP contribution in [0.15, 0.2) is 66.2 Å². The lowest BCUT2D eigenvalue weighted by molar-refractivity contribution is -0.132. The van der Waals surface area contributed by atoms with E-state index in [1.807, 2.05) is 6.92 Å². The molecule has 0 aliphatic carbocycles. The van der Waals surface area contributed by atoms with E-state index in [1.165, 1.54) is 23.3 Å². The Morgan fingerprint density at radius 2 is 1.80 bits per heavy atom. The quantitative estimate of drug-likeness (QED) is 0.0902. The van der Waals surface area contributed by atoms with E-state index in [4.69, 9.17) is 25.8 Å². The number of unbranched alkanes of at least 4 members (excludes halogenated alkanes) is 1. The van der Waals surface area contributed by atoms with Crippen molar-refractivity contribution in [3.8, 4) is 17.2 Å². The number of fused-ring (bicyclic) bond motifs is 1. The van der Waals surface area contributed by atoms with Gasteiger partial charge in [-0.25, -0.2) is 4.98 Å². The molecule has 4 aromatic rings. The predicted molar refractivity (Wildman–Crippen MR) is 160 cm³/mol. The molecular weight excluding hydrogens is 564 g/mol. The number of ether oxygens (including phenoxy) is 3. The summed E-state index contributed by atoms with van der Waals surface area (Å²) in [6, 6.07) is 16.2. The maximum absolute atomic E-state index is 13.6. The van der Waals surface area contributed by atoms with Crippen LogP contribution in [0.4, 0.5) is 5.13 Å². The molecule has 1 saturated heterocycles. The van der Waals surface area contributed by atoms with Gasteiger partial charge in [0.15, 0.2) is 16.6 Å². The molecule has 3 aromatic carbocycles. The first-order valence-electron chi connectivity index (χ1n) is 13.3. The second-order valence-electron chi connectivity index (χ2n) is 9.35. The van der Waals surface area contributed by atoms with Crippen molar-refractivity contribution >= 4 is 55.7 Å². The van der Waals surface area contributed by atoms with Crippen LogP contribution in [-0.4, -0.2) is 42.1 Å². The highest BCUT2D eigenvalue weighted by atomic mass is 35.5. The summed E-state index contributed by atoms with van der Waals surface area (Å²) in [7, 11) is 1.53. The Morgan fingerprint density at radius 3 is 2.51 bits per heavy atom. The minimum Gasteiger partial charge on any atom is -0.507 e. The fraction of sp³-hybridized carbons (Fsp3) is 0.258. The molecule has 0 spiro atoms. The molecule has 1 fully saturated rings. The number of aliphatic hydroxyl groups excluding tert-OH is 1. The number of hydrogen-bond donors (Lipinski definition) is 1. The monoisotopic (exact) mass is 592 g/mol. The van der Waals surface area contributed by atoms with Gasteiger partial charge in [-0.3, -0.25) is 14.5 Å². The van der Waals surface area contributed by atoms with Crippen LogP contribution in [0.25, 0.3) is 16.0 Å². The smallest absolute Gasteiger partial charge is 0.301 e. The third-order valence-corrected chi connectivity index (χ3v) is 7.94. The number of thiazole rings is 1. The van der Waals surface area contributed by atoms with Gasteiger partial charge in [-0.15, -0.1) is 0 Å². The lowest BCUT2D eigenvalue weighted by Crippen LogP contribution is -2.29. The Bertz CT molecular complexity index is 1630. The highest BCUT2D eigenvalue weighted by molar-refractivity contribution is 7.22. The first kappa shape index (κ1) is 28.4. The molecule has 0 saturated carbocycles. The minimum atomic E-state index is -0.976. The molecule has 1 aliphatic rings. The molecule has 1 unspecified atom stereocenters. The standard InChI is InChI=1S/C31H29ClN2O6S/c1-4-6-15-40-23-14-9-19(16-24(23)38-3)27-26(28(35)18-7-11-21(12-8-18)39-5-2)29(36)30(37)34(27)31-33-22-13-10-20(32)17-25(22)41-31/h7-14,16-17,27,35H,4-6,15H2,1-3H3. The fourth-order valence-corrected chi connectivity index (χ4v) is 5.93. The summed E-state index contributed by atoms with van der Waals surface area (Å²) in [5, 5.41) is 12.3. The number of carbonyl (C=O) groups excluding carboxylic acids is 2. The number of rotatable bonds is 10. The van der Waals surface area contributed by atoms with Gasteiger partial charge in [0.2, 0.25) is 0 Å². The van der Waals surface area contributed by atoms with Crippen LogP contribution in [0, 0.1) is 0 Å². The lowest BCUT2D eigenvalue weighted by Gasteiger charge is -2.24. The first-order valence-corrected chi connectivity index (χ1v) is 14.5. The van der Waals surface area contributed by atoms with Gasteiger partial charge in [-0.05, 0) is 73.5 Å². The Hall–Kier alpha value is -4.08. The van der Waals surface area contributed by atoms with Crippen molar-refractivity contribution in [2.24, 2.45) is 0 Å². The van der Waals surface area contributed by atoms with Gasteiger partial charge >= 0.3 is 5.91 Å².